The Hall–Kier alpha value is -1.33. The summed E-state index contributed by atoms with van der Waals surface area (Å²) in [7, 11) is 0. The van der Waals surface area contributed by atoms with Crippen LogP contribution in [0.3, 0.4) is 0 Å². The van der Waals surface area contributed by atoms with Crippen molar-refractivity contribution in [2.45, 2.75) is 19.4 Å². The highest BCUT2D eigenvalue weighted by Gasteiger charge is 2.15. The van der Waals surface area contributed by atoms with Crippen LogP contribution < -0.4 is 5.32 Å². The molecule has 0 spiro atoms. The highest BCUT2D eigenvalue weighted by molar-refractivity contribution is 9.10. The molecular formula is C13H15BrN2O2. The fraction of sp³-hybridized carbons (Fsp3) is 0.308. The first-order valence-electron chi connectivity index (χ1n) is 5.80. The number of H-pyrrole nitrogens is 1. The Morgan fingerprint density at radius 2 is 2.33 bits per heavy atom. The number of hydrogen-bond donors (Lipinski definition) is 3. The number of aromatic amines is 1. The molecule has 1 unspecified atom stereocenters. The topological polar surface area (TPSA) is 65.1 Å². The van der Waals surface area contributed by atoms with Gasteiger partial charge in [0.2, 0.25) is 0 Å². The van der Waals surface area contributed by atoms with Crippen molar-refractivity contribution >= 4 is 32.7 Å². The number of fused-ring (bicyclic) bond motifs is 1. The quantitative estimate of drug-likeness (QED) is 0.812. The van der Waals surface area contributed by atoms with Crippen molar-refractivity contribution in [3.05, 3.63) is 34.4 Å². The number of carbonyl (C=O) groups excluding carboxylic acids is 1. The zero-order valence-corrected chi connectivity index (χ0v) is 11.6. The van der Waals surface area contributed by atoms with Crippen LogP contribution in [0.25, 0.3) is 10.9 Å². The van der Waals surface area contributed by atoms with Crippen LogP contribution in [0.1, 0.15) is 23.7 Å². The van der Waals surface area contributed by atoms with Gasteiger partial charge in [-0.05, 0) is 25.5 Å². The number of aromatic nitrogens is 1. The summed E-state index contributed by atoms with van der Waals surface area (Å²) in [4.78, 5) is 15.2. The Labute approximate surface area is 114 Å². The molecule has 1 aromatic carbocycles. The highest BCUT2D eigenvalue weighted by atomic mass is 79.9. The van der Waals surface area contributed by atoms with Gasteiger partial charge in [0.1, 0.15) is 0 Å². The van der Waals surface area contributed by atoms with Gasteiger partial charge < -0.3 is 15.4 Å². The Balaban J connectivity index is 2.28. The minimum Gasteiger partial charge on any atom is -0.396 e. The molecule has 1 atom stereocenters. The van der Waals surface area contributed by atoms with Crippen LogP contribution in [-0.4, -0.2) is 28.6 Å². The smallest absolute Gasteiger partial charge is 0.253 e. The number of benzene rings is 1. The maximum Gasteiger partial charge on any atom is 0.253 e. The number of aliphatic hydroxyl groups excluding tert-OH is 1. The van der Waals surface area contributed by atoms with Crippen LogP contribution in [0.5, 0.6) is 0 Å². The van der Waals surface area contributed by atoms with Crippen molar-refractivity contribution in [1.82, 2.24) is 10.3 Å². The maximum atomic E-state index is 12.1. The van der Waals surface area contributed by atoms with E-state index in [4.69, 9.17) is 5.11 Å². The van der Waals surface area contributed by atoms with E-state index in [1.807, 2.05) is 25.1 Å². The predicted molar refractivity (Wildman–Crippen MR) is 74.6 cm³/mol. The SMILES string of the molecule is CC(CCO)NC(=O)c1c[nH]c2cccc(Br)c12. The lowest BCUT2D eigenvalue weighted by Crippen LogP contribution is -2.33. The molecule has 2 aromatic rings. The van der Waals surface area contributed by atoms with E-state index >= 15 is 0 Å². The molecule has 4 nitrogen and oxygen atoms in total. The molecule has 96 valence electrons. The molecule has 1 aromatic heterocycles. The average Bonchev–Trinajstić information content (AvgIpc) is 2.74. The van der Waals surface area contributed by atoms with Crippen molar-refractivity contribution < 1.29 is 9.90 Å². The van der Waals surface area contributed by atoms with Gasteiger partial charge in [-0.3, -0.25) is 4.79 Å². The number of carbonyl (C=O) groups is 1. The summed E-state index contributed by atoms with van der Waals surface area (Å²) in [6.07, 6.45) is 2.26. The summed E-state index contributed by atoms with van der Waals surface area (Å²) >= 11 is 3.45. The normalized spacial score (nSPS) is 12.6. The van der Waals surface area contributed by atoms with Crippen LogP contribution in [0.2, 0.25) is 0 Å². The second kappa shape index (κ2) is 5.54. The summed E-state index contributed by atoms with van der Waals surface area (Å²) < 4.78 is 0.890. The second-order valence-corrected chi connectivity index (χ2v) is 5.11. The zero-order valence-electron chi connectivity index (χ0n) is 10.0. The van der Waals surface area contributed by atoms with Crippen molar-refractivity contribution in [2.24, 2.45) is 0 Å². The Kier molecular flexibility index (Phi) is 4.04. The lowest BCUT2D eigenvalue weighted by atomic mass is 10.1. The minimum atomic E-state index is -0.130. The fourth-order valence-corrected chi connectivity index (χ4v) is 2.47. The number of hydrogen-bond acceptors (Lipinski definition) is 2. The molecule has 5 heteroatoms. The van der Waals surface area contributed by atoms with E-state index in [9.17, 15) is 4.79 Å². The first-order chi connectivity index (χ1) is 8.63. The Morgan fingerprint density at radius 1 is 1.56 bits per heavy atom. The first-order valence-corrected chi connectivity index (χ1v) is 6.60. The van der Waals surface area contributed by atoms with Crippen LogP contribution in [0.4, 0.5) is 0 Å². The molecule has 1 heterocycles. The molecule has 2 rings (SSSR count). The third-order valence-corrected chi connectivity index (χ3v) is 3.50. The lowest BCUT2D eigenvalue weighted by molar-refractivity contribution is 0.0936. The molecule has 3 N–H and O–H groups in total. The number of amides is 1. The molecule has 0 aliphatic carbocycles. The molecule has 0 aliphatic heterocycles. The van der Waals surface area contributed by atoms with E-state index in [1.54, 1.807) is 6.20 Å². The molecule has 0 bridgehead atoms. The van der Waals surface area contributed by atoms with Gasteiger partial charge in [-0.2, -0.15) is 0 Å². The molecule has 0 fully saturated rings. The van der Waals surface area contributed by atoms with Crippen LogP contribution >= 0.6 is 15.9 Å². The van der Waals surface area contributed by atoms with E-state index in [0.29, 0.717) is 12.0 Å². The molecular weight excluding hydrogens is 296 g/mol. The third kappa shape index (κ3) is 2.57. The van der Waals surface area contributed by atoms with Gasteiger partial charge in [0, 0.05) is 34.2 Å². The highest BCUT2D eigenvalue weighted by Crippen LogP contribution is 2.26. The molecule has 18 heavy (non-hydrogen) atoms. The maximum absolute atomic E-state index is 12.1. The minimum absolute atomic E-state index is 0.0464. The van der Waals surface area contributed by atoms with Crippen molar-refractivity contribution in [2.75, 3.05) is 6.61 Å². The monoisotopic (exact) mass is 310 g/mol. The summed E-state index contributed by atoms with van der Waals surface area (Å²) in [5, 5.41) is 12.6. The van der Waals surface area contributed by atoms with Gasteiger partial charge >= 0.3 is 0 Å². The molecule has 1 amide bonds. The van der Waals surface area contributed by atoms with Crippen molar-refractivity contribution in [3.63, 3.8) is 0 Å². The van der Waals surface area contributed by atoms with Gasteiger partial charge in [0.05, 0.1) is 5.56 Å². The van der Waals surface area contributed by atoms with Crippen molar-refractivity contribution in [3.8, 4) is 0 Å². The lowest BCUT2D eigenvalue weighted by Gasteiger charge is -2.11. The van der Waals surface area contributed by atoms with Gasteiger partial charge in [-0.1, -0.05) is 22.0 Å². The van der Waals surface area contributed by atoms with E-state index in [-0.39, 0.29) is 18.6 Å². The van der Waals surface area contributed by atoms with E-state index in [1.165, 1.54) is 0 Å². The molecule has 0 radical (unpaired) electrons. The number of halogens is 1. The zero-order chi connectivity index (χ0) is 13.1. The predicted octanol–water partition coefficient (Wildman–Crippen LogP) is 2.43. The molecule has 0 aliphatic rings. The van der Waals surface area contributed by atoms with E-state index in [0.717, 1.165) is 15.4 Å². The van der Waals surface area contributed by atoms with Gasteiger partial charge in [-0.25, -0.2) is 0 Å². The summed E-state index contributed by atoms with van der Waals surface area (Å²) in [5.41, 5.74) is 1.53. The van der Waals surface area contributed by atoms with Gasteiger partial charge in [-0.15, -0.1) is 0 Å². The second-order valence-electron chi connectivity index (χ2n) is 4.25. The number of nitrogens with one attached hydrogen (secondary N) is 2. The molecule has 0 saturated carbocycles. The van der Waals surface area contributed by atoms with E-state index in [2.05, 4.69) is 26.2 Å². The third-order valence-electron chi connectivity index (χ3n) is 2.84. The fourth-order valence-electron chi connectivity index (χ4n) is 1.89. The standard InChI is InChI=1S/C13H15BrN2O2/c1-8(5-6-17)16-13(18)9-7-15-11-4-2-3-10(14)12(9)11/h2-4,7-8,15,17H,5-6H2,1H3,(H,16,18). The van der Waals surface area contributed by atoms with Crippen molar-refractivity contribution in [1.29, 1.82) is 0 Å². The number of aliphatic hydroxyl groups is 1. The summed E-state index contributed by atoms with van der Waals surface area (Å²) in [6, 6.07) is 5.70. The average molecular weight is 311 g/mol. The van der Waals surface area contributed by atoms with Gasteiger partial charge in [0.25, 0.3) is 5.91 Å². The van der Waals surface area contributed by atoms with Gasteiger partial charge in [0.15, 0.2) is 0 Å². The first kappa shape index (κ1) is 13.1. The van der Waals surface area contributed by atoms with Crippen LogP contribution in [0.15, 0.2) is 28.9 Å². The van der Waals surface area contributed by atoms with Crippen LogP contribution in [0, 0.1) is 0 Å². The largest absolute Gasteiger partial charge is 0.396 e. The Bertz CT molecular complexity index is 565. The summed E-state index contributed by atoms with van der Waals surface area (Å²) in [6.45, 7) is 1.94. The molecule has 0 saturated heterocycles. The number of rotatable bonds is 4. The van der Waals surface area contributed by atoms with Crippen LogP contribution in [-0.2, 0) is 0 Å². The summed E-state index contributed by atoms with van der Waals surface area (Å²) in [5.74, 6) is -0.130. The Morgan fingerprint density at radius 3 is 3.06 bits per heavy atom. The van der Waals surface area contributed by atoms with E-state index < -0.39 is 0 Å².